The highest BCUT2D eigenvalue weighted by atomic mass is 16.5. The van der Waals surface area contributed by atoms with Crippen LogP contribution in [0.4, 0.5) is 0 Å². The van der Waals surface area contributed by atoms with Gasteiger partial charge in [-0.1, -0.05) is 11.8 Å². The van der Waals surface area contributed by atoms with Crippen LogP contribution in [0.5, 0.6) is 0 Å². The lowest BCUT2D eigenvalue weighted by Crippen LogP contribution is -2.05. The second-order valence-corrected chi connectivity index (χ2v) is 4.02. The molecular formula is C10H16O. The minimum Gasteiger partial charge on any atom is -0.366 e. The molecule has 62 valence electrons. The highest BCUT2D eigenvalue weighted by Crippen LogP contribution is 2.14. The van der Waals surface area contributed by atoms with E-state index in [-0.39, 0.29) is 11.5 Å². The summed E-state index contributed by atoms with van der Waals surface area (Å²) in [5.74, 6) is 6.34. The Morgan fingerprint density at radius 1 is 1.36 bits per heavy atom. The highest BCUT2D eigenvalue weighted by Gasteiger charge is 2.12. The van der Waals surface area contributed by atoms with Gasteiger partial charge in [-0.2, -0.15) is 0 Å². The number of rotatable bonds is 0. The topological polar surface area (TPSA) is 9.23 Å². The Morgan fingerprint density at radius 2 is 2.09 bits per heavy atom. The molecule has 1 unspecified atom stereocenters. The van der Waals surface area contributed by atoms with Crippen LogP contribution < -0.4 is 0 Å². The van der Waals surface area contributed by atoms with E-state index in [1.165, 1.54) is 6.42 Å². The lowest BCUT2D eigenvalue weighted by Gasteiger charge is -2.08. The van der Waals surface area contributed by atoms with Gasteiger partial charge in [0.25, 0.3) is 0 Å². The molecular weight excluding hydrogens is 136 g/mol. The molecule has 0 spiro atoms. The summed E-state index contributed by atoms with van der Waals surface area (Å²) in [5, 5.41) is 0. The largest absolute Gasteiger partial charge is 0.366 e. The average Bonchev–Trinajstić information content (AvgIpc) is 2.32. The predicted octanol–water partition coefficient (Wildman–Crippen LogP) is 2.21. The first-order chi connectivity index (χ1) is 5.08. The van der Waals surface area contributed by atoms with E-state index < -0.39 is 0 Å². The van der Waals surface area contributed by atoms with E-state index >= 15 is 0 Å². The zero-order valence-corrected chi connectivity index (χ0v) is 7.61. The van der Waals surface area contributed by atoms with Crippen molar-refractivity contribution in [2.24, 2.45) is 5.41 Å². The van der Waals surface area contributed by atoms with E-state index in [4.69, 9.17) is 4.74 Å². The first-order valence-electron chi connectivity index (χ1n) is 4.22. The van der Waals surface area contributed by atoms with Crippen molar-refractivity contribution in [3.63, 3.8) is 0 Å². The molecule has 0 aromatic carbocycles. The van der Waals surface area contributed by atoms with Gasteiger partial charge in [0.2, 0.25) is 0 Å². The van der Waals surface area contributed by atoms with Crippen LogP contribution in [0.3, 0.4) is 0 Å². The summed E-state index contributed by atoms with van der Waals surface area (Å²) in [4.78, 5) is 0. The first-order valence-corrected chi connectivity index (χ1v) is 4.22. The molecule has 1 heterocycles. The van der Waals surface area contributed by atoms with Crippen LogP contribution >= 0.6 is 0 Å². The van der Waals surface area contributed by atoms with Crippen molar-refractivity contribution in [3.05, 3.63) is 0 Å². The minimum atomic E-state index is 0.117. The number of hydrogen-bond donors (Lipinski definition) is 0. The smallest absolute Gasteiger partial charge is 0.118 e. The lowest BCUT2D eigenvalue weighted by molar-refractivity contribution is 0.152. The maximum Gasteiger partial charge on any atom is 0.118 e. The average molecular weight is 152 g/mol. The lowest BCUT2D eigenvalue weighted by atomic mass is 9.97. The van der Waals surface area contributed by atoms with Crippen molar-refractivity contribution in [2.45, 2.75) is 39.7 Å². The van der Waals surface area contributed by atoms with E-state index in [0.29, 0.717) is 0 Å². The van der Waals surface area contributed by atoms with Crippen molar-refractivity contribution in [1.82, 2.24) is 0 Å². The maximum atomic E-state index is 5.37. The Balaban J connectivity index is 2.42. The van der Waals surface area contributed by atoms with Crippen molar-refractivity contribution >= 4 is 0 Å². The summed E-state index contributed by atoms with van der Waals surface area (Å²) in [7, 11) is 0. The summed E-state index contributed by atoms with van der Waals surface area (Å²) < 4.78 is 5.37. The molecule has 1 fully saturated rings. The van der Waals surface area contributed by atoms with Crippen LogP contribution in [-0.2, 0) is 4.74 Å². The molecule has 1 nitrogen and oxygen atoms in total. The van der Waals surface area contributed by atoms with Gasteiger partial charge in [0.1, 0.15) is 6.10 Å². The second kappa shape index (κ2) is 3.28. The second-order valence-electron chi connectivity index (χ2n) is 4.02. The van der Waals surface area contributed by atoms with Crippen LogP contribution in [0.2, 0.25) is 0 Å². The Bertz CT molecular complexity index is 171. The third kappa shape index (κ3) is 3.43. The molecule has 0 bridgehead atoms. The predicted molar refractivity (Wildman–Crippen MR) is 46.2 cm³/mol. The van der Waals surface area contributed by atoms with E-state index in [2.05, 4.69) is 32.6 Å². The molecule has 0 radical (unpaired) electrons. The molecule has 11 heavy (non-hydrogen) atoms. The van der Waals surface area contributed by atoms with Gasteiger partial charge in [-0.05, 0) is 33.6 Å². The molecule has 0 aliphatic carbocycles. The monoisotopic (exact) mass is 152 g/mol. The van der Waals surface area contributed by atoms with Gasteiger partial charge in [0.05, 0.1) is 0 Å². The third-order valence-corrected chi connectivity index (χ3v) is 1.54. The Labute approximate surface area is 69.1 Å². The summed E-state index contributed by atoms with van der Waals surface area (Å²) in [6.07, 6.45) is 2.50. The molecule has 0 saturated carbocycles. The van der Waals surface area contributed by atoms with E-state index in [1.807, 2.05) is 0 Å². The van der Waals surface area contributed by atoms with Crippen LogP contribution in [0.25, 0.3) is 0 Å². The quantitative estimate of drug-likeness (QED) is 0.484. The molecule has 1 atom stereocenters. The van der Waals surface area contributed by atoms with Gasteiger partial charge >= 0.3 is 0 Å². The zero-order chi connectivity index (χ0) is 8.32. The summed E-state index contributed by atoms with van der Waals surface area (Å²) >= 11 is 0. The molecule has 0 N–H and O–H groups in total. The van der Waals surface area contributed by atoms with Crippen LogP contribution in [0, 0.1) is 17.3 Å². The SMILES string of the molecule is CC(C)(C)C#CC1CCCO1. The van der Waals surface area contributed by atoms with Crippen molar-refractivity contribution in [2.75, 3.05) is 6.61 Å². The van der Waals surface area contributed by atoms with Crippen LogP contribution in [0.1, 0.15) is 33.6 Å². The van der Waals surface area contributed by atoms with Gasteiger partial charge in [0.15, 0.2) is 0 Å². The van der Waals surface area contributed by atoms with Crippen LogP contribution in [0.15, 0.2) is 0 Å². The summed E-state index contributed by atoms with van der Waals surface area (Å²) in [6.45, 7) is 7.25. The third-order valence-electron chi connectivity index (χ3n) is 1.54. The van der Waals surface area contributed by atoms with E-state index in [9.17, 15) is 0 Å². The Kier molecular flexibility index (Phi) is 2.57. The van der Waals surface area contributed by atoms with Crippen molar-refractivity contribution in [3.8, 4) is 11.8 Å². The molecule has 1 aliphatic heterocycles. The fraction of sp³-hybridized carbons (Fsp3) is 0.800. The van der Waals surface area contributed by atoms with Gasteiger partial charge in [-0.3, -0.25) is 0 Å². The Morgan fingerprint density at radius 3 is 2.55 bits per heavy atom. The summed E-state index contributed by atoms with van der Waals surface area (Å²) in [6, 6.07) is 0. The van der Waals surface area contributed by atoms with Crippen molar-refractivity contribution in [1.29, 1.82) is 0 Å². The normalized spacial score (nSPS) is 24.5. The standard InChI is InChI=1S/C10H16O/c1-10(2,3)7-6-9-5-4-8-11-9/h9H,4-5,8H2,1-3H3. The molecule has 0 aromatic heterocycles. The molecule has 1 saturated heterocycles. The van der Waals surface area contributed by atoms with Gasteiger partial charge < -0.3 is 4.74 Å². The van der Waals surface area contributed by atoms with E-state index in [1.54, 1.807) is 0 Å². The van der Waals surface area contributed by atoms with E-state index in [0.717, 1.165) is 13.0 Å². The molecule has 0 amide bonds. The molecule has 1 rings (SSSR count). The molecule has 1 aliphatic rings. The minimum absolute atomic E-state index is 0.117. The highest BCUT2D eigenvalue weighted by molar-refractivity contribution is 5.11. The van der Waals surface area contributed by atoms with Gasteiger partial charge in [-0.15, -0.1) is 0 Å². The number of ether oxygens (including phenoxy) is 1. The first kappa shape index (κ1) is 8.62. The fourth-order valence-corrected chi connectivity index (χ4v) is 0.988. The van der Waals surface area contributed by atoms with Gasteiger partial charge in [-0.25, -0.2) is 0 Å². The van der Waals surface area contributed by atoms with Gasteiger partial charge in [0, 0.05) is 12.0 Å². The zero-order valence-electron chi connectivity index (χ0n) is 7.61. The Hall–Kier alpha value is -0.480. The number of hydrogen-bond acceptors (Lipinski definition) is 1. The van der Waals surface area contributed by atoms with Crippen LogP contribution in [-0.4, -0.2) is 12.7 Å². The fourth-order valence-electron chi connectivity index (χ4n) is 0.988. The molecule has 1 heteroatoms. The summed E-state index contributed by atoms with van der Waals surface area (Å²) in [5.41, 5.74) is 0.117. The molecule has 0 aromatic rings. The van der Waals surface area contributed by atoms with Crippen molar-refractivity contribution < 1.29 is 4.74 Å². The maximum absolute atomic E-state index is 5.37.